The Kier molecular flexibility index (Phi) is 8.62. The SMILES string of the molecule is O=C(Nc1ccccc1[N+](=O)[O-])c1ccccc1[Se][Se]c1ccccc1C(=O)Nc1ccccc1[N+](=O)[O-]. The van der Waals surface area contributed by atoms with Gasteiger partial charge in [0.05, 0.1) is 0 Å². The van der Waals surface area contributed by atoms with Gasteiger partial charge in [-0.15, -0.1) is 0 Å². The number of benzene rings is 4. The number of nitrogens with zero attached hydrogens (tertiary/aromatic N) is 2. The van der Waals surface area contributed by atoms with Gasteiger partial charge in [0.25, 0.3) is 0 Å². The Morgan fingerprint density at radius 1 is 0.553 bits per heavy atom. The minimum absolute atomic E-state index is 0.104. The van der Waals surface area contributed by atoms with Crippen LogP contribution in [-0.2, 0) is 0 Å². The summed E-state index contributed by atoms with van der Waals surface area (Å²) in [5.41, 5.74) is 0.599. The second kappa shape index (κ2) is 12.3. The first-order chi connectivity index (χ1) is 18.3. The summed E-state index contributed by atoms with van der Waals surface area (Å²) in [7, 11) is 0. The van der Waals surface area contributed by atoms with Gasteiger partial charge < -0.3 is 0 Å². The third-order valence-corrected chi connectivity index (χ3v) is 12.4. The van der Waals surface area contributed by atoms with Crippen LogP contribution in [0.2, 0.25) is 0 Å². The maximum atomic E-state index is 13.1. The van der Waals surface area contributed by atoms with Crippen LogP contribution in [0.5, 0.6) is 0 Å². The number of nitro groups is 2. The fraction of sp³-hybridized carbons (Fsp3) is 0. The summed E-state index contributed by atoms with van der Waals surface area (Å²) in [6, 6.07) is 25.9. The summed E-state index contributed by atoms with van der Waals surface area (Å²) >= 11 is -0.447. The second-order valence-electron chi connectivity index (χ2n) is 7.62. The number of carbonyl (C=O) groups is 2. The van der Waals surface area contributed by atoms with Gasteiger partial charge in [-0.3, -0.25) is 0 Å². The molecule has 4 aromatic rings. The number of nitro benzene ring substituents is 2. The van der Waals surface area contributed by atoms with Crippen LogP contribution in [-0.4, -0.2) is 47.9 Å². The molecule has 38 heavy (non-hydrogen) atoms. The molecule has 0 saturated heterocycles. The van der Waals surface area contributed by atoms with E-state index in [4.69, 9.17) is 0 Å². The van der Waals surface area contributed by atoms with Crippen molar-refractivity contribution in [1.82, 2.24) is 0 Å². The molecule has 0 aliphatic heterocycles. The van der Waals surface area contributed by atoms with E-state index in [2.05, 4.69) is 10.6 Å². The molecule has 0 radical (unpaired) electrons. The van der Waals surface area contributed by atoms with E-state index < -0.39 is 21.7 Å². The van der Waals surface area contributed by atoms with Crippen molar-refractivity contribution in [2.75, 3.05) is 10.6 Å². The zero-order valence-electron chi connectivity index (χ0n) is 19.4. The summed E-state index contributed by atoms with van der Waals surface area (Å²) in [4.78, 5) is 47.6. The first kappa shape index (κ1) is 26.7. The molecule has 0 atom stereocenters. The van der Waals surface area contributed by atoms with Gasteiger partial charge >= 0.3 is 228 Å². The predicted octanol–water partition coefficient (Wildman–Crippen LogP) is 3.28. The fourth-order valence-electron chi connectivity index (χ4n) is 3.40. The molecule has 0 bridgehead atoms. The van der Waals surface area contributed by atoms with Crippen molar-refractivity contribution in [3.05, 3.63) is 128 Å². The average Bonchev–Trinajstić information content (AvgIpc) is 2.92. The van der Waals surface area contributed by atoms with E-state index in [0.717, 1.165) is 8.92 Å². The van der Waals surface area contributed by atoms with Crippen LogP contribution in [0.3, 0.4) is 0 Å². The summed E-state index contributed by atoms with van der Waals surface area (Å²) in [6.07, 6.45) is 0. The van der Waals surface area contributed by atoms with E-state index in [9.17, 15) is 29.8 Å². The molecule has 0 heterocycles. The minimum atomic E-state index is -0.555. The number of anilines is 2. The van der Waals surface area contributed by atoms with Crippen LogP contribution in [0.15, 0.2) is 97.1 Å². The Labute approximate surface area is 227 Å². The number of hydrogen-bond donors (Lipinski definition) is 2. The quantitative estimate of drug-likeness (QED) is 0.163. The van der Waals surface area contributed by atoms with Gasteiger partial charge in [0.1, 0.15) is 0 Å². The Morgan fingerprint density at radius 3 is 1.29 bits per heavy atom. The molecule has 0 aromatic heterocycles. The van der Waals surface area contributed by atoms with Crippen molar-refractivity contribution in [1.29, 1.82) is 0 Å². The Balaban J connectivity index is 1.53. The van der Waals surface area contributed by atoms with Gasteiger partial charge in [-0.05, 0) is 0 Å². The summed E-state index contributed by atoms with van der Waals surface area (Å²) < 4.78 is 1.56. The summed E-state index contributed by atoms with van der Waals surface area (Å²) in [5.74, 6) is -0.926. The van der Waals surface area contributed by atoms with Crippen LogP contribution in [0, 0.1) is 20.2 Å². The van der Waals surface area contributed by atoms with Crippen molar-refractivity contribution in [3.63, 3.8) is 0 Å². The van der Waals surface area contributed by atoms with E-state index in [-0.39, 0.29) is 49.0 Å². The zero-order chi connectivity index (χ0) is 27.1. The zero-order valence-corrected chi connectivity index (χ0v) is 22.8. The van der Waals surface area contributed by atoms with Crippen molar-refractivity contribution < 1.29 is 19.4 Å². The second-order valence-corrected chi connectivity index (χ2v) is 13.8. The number of nitrogens with one attached hydrogen (secondary N) is 2. The molecular weight excluding hydrogens is 622 g/mol. The Hall–Kier alpha value is -4.34. The Morgan fingerprint density at radius 2 is 0.895 bits per heavy atom. The Bertz CT molecular complexity index is 1430. The third-order valence-electron chi connectivity index (χ3n) is 5.18. The van der Waals surface area contributed by atoms with Crippen molar-refractivity contribution in [2.45, 2.75) is 0 Å². The summed E-state index contributed by atoms with van der Waals surface area (Å²) in [6.45, 7) is 0. The molecule has 4 rings (SSSR count). The van der Waals surface area contributed by atoms with E-state index in [1.165, 1.54) is 36.4 Å². The fourth-order valence-corrected chi connectivity index (χ4v) is 10.5. The van der Waals surface area contributed by atoms with E-state index >= 15 is 0 Å². The molecular formula is C26H18N4O6Se2. The van der Waals surface area contributed by atoms with Crippen LogP contribution in [0.25, 0.3) is 0 Å². The first-order valence-corrected chi connectivity index (χ1v) is 17.0. The molecule has 0 spiro atoms. The third kappa shape index (κ3) is 6.31. The molecule has 12 heteroatoms. The monoisotopic (exact) mass is 642 g/mol. The molecule has 0 aliphatic rings. The van der Waals surface area contributed by atoms with Crippen molar-refractivity contribution in [2.24, 2.45) is 0 Å². The molecule has 190 valence electrons. The van der Waals surface area contributed by atoms with E-state index in [1.807, 2.05) is 24.3 Å². The van der Waals surface area contributed by atoms with Gasteiger partial charge in [-0.1, -0.05) is 0 Å². The molecule has 2 N–H and O–H groups in total. The molecule has 0 unspecified atom stereocenters. The van der Waals surface area contributed by atoms with Crippen LogP contribution < -0.4 is 19.6 Å². The van der Waals surface area contributed by atoms with Crippen LogP contribution in [0.1, 0.15) is 20.7 Å². The molecule has 0 aliphatic carbocycles. The molecule has 4 aromatic carbocycles. The topological polar surface area (TPSA) is 144 Å². The molecule has 10 nitrogen and oxygen atoms in total. The van der Waals surface area contributed by atoms with Crippen LogP contribution >= 0.6 is 0 Å². The van der Waals surface area contributed by atoms with Crippen LogP contribution in [0.4, 0.5) is 22.7 Å². The predicted molar refractivity (Wildman–Crippen MR) is 146 cm³/mol. The van der Waals surface area contributed by atoms with Gasteiger partial charge in [-0.25, -0.2) is 0 Å². The maximum absolute atomic E-state index is 13.1. The standard InChI is InChI=1S/C26H18N4O6Se2/c31-25(27-19-11-3-5-13-21(19)29(33)34)17-9-1-7-15-23(17)37-38-24-16-8-2-10-18(24)26(32)28-20-12-4-6-14-22(20)30(35)36/h1-16H,(H,27,31)(H,28,32). The number of para-hydroxylation sites is 4. The molecule has 0 fully saturated rings. The number of amides is 2. The van der Waals surface area contributed by atoms with Gasteiger partial charge in [-0.2, -0.15) is 0 Å². The average molecular weight is 640 g/mol. The number of carbonyl (C=O) groups excluding carboxylic acids is 2. The first-order valence-electron chi connectivity index (χ1n) is 11.0. The molecule has 2 amide bonds. The van der Waals surface area contributed by atoms with E-state index in [0.29, 0.717) is 11.1 Å². The normalized spacial score (nSPS) is 10.4. The van der Waals surface area contributed by atoms with Gasteiger partial charge in [0.2, 0.25) is 0 Å². The number of rotatable bonds is 9. The molecule has 0 saturated carbocycles. The van der Waals surface area contributed by atoms with E-state index in [1.54, 1.807) is 36.4 Å². The summed E-state index contributed by atoms with van der Waals surface area (Å²) in [5, 5.41) is 27.9. The van der Waals surface area contributed by atoms with Gasteiger partial charge in [0.15, 0.2) is 0 Å². The number of hydrogen-bond acceptors (Lipinski definition) is 6. The van der Waals surface area contributed by atoms with Crippen molar-refractivity contribution in [3.8, 4) is 0 Å². The van der Waals surface area contributed by atoms with Gasteiger partial charge in [0, 0.05) is 0 Å². The van der Waals surface area contributed by atoms with Crippen molar-refractivity contribution >= 4 is 69.8 Å².